The van der Waals surface area contributed by atoms with Gasteiger partial charge in [0.05, 0.1) is 12.2 Å². The Morgan fingerprint density at radius 2 is 1.67 bits per heavy atom. The SMILES string of the molecule is Cc1ccc(N)cc1C(=O)N1CCN(S(=O)(=O)N2CC(C)OC(C)C2)CC1. The number of piperazine rings is 1. The van der Waals surface area contributed by atoms with Gasteiger partial charge in [-0.25, -0.2) is 0 Å². The number of morpholine rings is 1. The number of nitrogens with two attached hydrogens (primary N) is 1. The summed E-state index contributed by atoms with van der Waals surface area (Å²) in [5.41, 5.74) is 7.78. The van der Waals surface area contributed by atoms with Crippen LogP contribution >= 0.6 is 0 Å². The van der Waals surface area contributed by atoms with Crippen LogP contribution in [0, 0.1) is 6.92 Å². The van der Waals surface area contributed by atoms with Crippen LogP contribution in [-0.2, 0) is 14.9 Å². The predicted octanol–water partition coefficient (Wildman–Crippen LogP) is 0.689. The van der Waals surface area contributed by atoms with E-state index in [-0.39, 0.29) is 31.2 Å². The van der Waals surface area contributed by atoms with E-state index in [1.54, 1.807) is 17.0 Å². The van der Waals surface area contributed by atoms with Crippen molar-refractivity contribution in [2.75, 3.05) is 45.0 Å². The van der Waals surface area contributed by atoms with Crippen LogP contribution in [0.4, 0.5) is 5.69 Å². The van der Waals surface area contributed by atoms with Crippen LogP contribution in [-0.4, -0.2) is 79.3 Å². The van der Waals surface area contributed by atoms with Crippen molar-refractivity contribution in [1.29, 1.82) is 0 Å². The summed E-state index contributed by atoms with van der Waals surface area (Å²) in [7, 11) is -3.55. The summed E-state index contributed by atoms with van der Waals surface area (Å²) < 4.78 is 34.5. The molecule has 0 saturated carbocycles. The van der Waals surface area contributed by atoms with Gasteiger partial charge in [-0.2, -0.15) is 17.0 Å². The first-order valence-corrected chi connectivity index (χ1v) is 10.6. The van der Waals surface area contributed by atoms with Crippen LogP contribution in [0.3, 0.4) is 0 Å². The molecule has 150 valence electrons. The third kappa shape index (κ3) is 4.26. The lowest BCUT2D eigenvalue weighted by Gasteiger charge is -2.40. The summed E-state index contributed by atoms with van der Waals surface area (Å²) in [5, 5.41) is 0. The number of carbonyl (C=O) groups excluding carboxylic acids is 1. The molecule has 2 aliphatic rings. The fraction of sp³-hybridized carbons (Fsp3) is 0.611. The van der Waals surface area contributed by atoms with E-state index < -0.39 is 10.2 Å². The van der Waals surface area contributed by atoms with Crippen LogP contribution in [0.2, 0.25) is 0 Å². The van der Waals surface area contributed by atoms with E-state index in [1.165, 1.54) is 8.61 Å². The number of rotatable bonds is 3. The topological polar surface area (TPSA) is 96.2 Å². The molecule has 0 bridgehead atoms. The summed E-state index contributed by atoms with van der Waals surface area (Å²) >= 11 is 0. The smallest absolute Gasteiger partial charge is 0.282 e. The standard InChI is InChI=1S/C18H28N4O4S/c1-13-4-5-16(19)10-17(13)18(23)20-6-8-21(9-7-20)27(24,25)22-11-14(2)26-15(3)12-22/h4-5,10,14-15H,6-9,11-12,19H2,1-3H3. The summed E-state index contributed by atoms with van der Waals surface area (Å²) in [6.45, 7) is 7.64. The molecule has 2 fully saturated rings. The van der Waals surface area contributed by atoms with E-state index >= 15 is 0 Å². The van der Waals surface area contributed by atoms with E-state index in [1.807, 2.05) is 26.8 Å². The van der Waals surface area contributed by atoms with E-state index in [9.17, 15) is 13.2 Å². The summed E-state index contributed by atoms with van der Waals surface area (Å²) in [4.78, 5) is 14.5. The Bertz CT molecular complexity index is 796. The molecular formula is C18H28N4O4S. The van der Waals surface area contributed by atoms with Crippen molar-refractivity contribution in [2.45, 2.75) is 33.0 Å². The van der Waals surface area contributed by atoms with Crippen molar-refractivity contribution in [2.24, 2.45) is 0 Å². The van der Waals surface area contributed by atoms with Gasteiger partial charge in [-0.15, -0.1) is 0 Å². The fourth-order valence-electron chi connectivity index (χ4n) is 3.64. The molecule has 27 heavy (non-hydrogen) atoms. The lowest BCUT2D eigenvalue weighted by molar-refractivity contribution is -0.0457. The van der Waals surface area contributed by atoms with Gasteiger partial charge in [0.2, 0.25) is 0 Å². The maximum atomic E-state index is 13.0. The Morgan fingerprint density at radius 3 is 2.26 bits per heavy atom. The second-order valence-corrected chi connectivity index (χ2v) is 9.28. The predicted molar refractivity (Wildman–Crippen MR) is 104 cm³/mol. The second kappa shape index (κ2) is 7.75. The van der Waals surface area contributed by atoms with E-state index in [2.05, 4.69) is 0 Å². The van der Waals surface area contributed by atoms with Crippen LogP contribution in [0.25, 0.3) is 0 Å². The van der Waals surface area contributed by atoms with Gasteiger partial charge in [-0.3, -0.25) is 4.79 Å². The van der Waals surface area contributed by atoms with Gasteiger partial charge >= 0.3 is 0 Å². The highest BCUT2D eigenvalue weighted by atomic mass is 32.2. The molecule has 2 saturated heterocycles. The third-order valence-corrected chi connectivity index (χ3v) is 7.03. The fourth-order valence-corrected chi connectivity index (χ4v) is 5.39. The molecule has 2 heterocycles. The molecule has 0 radical (unpaired) electrons. The lowest BCUT2D eigenvalue weighted by atomic mass is 10.1. The number of ether oxygens (including phenoxy) is 1. The highest BCUT2D eigenvalue weighted by molar-refractivity contribution is 7.86. The van der Waals surface area contributed by atoms with Crippen molar-refractivity contribution in [3.63, 3.8) is 0 Å². The number of hydrogen-bond donors (Lipinski definition) is 1. The third-order valence-electron chi connectivity index (χ3n) is 5.06. The molecule has 9 heteroatoms. The first-order valence-electron chi connectivity index (χ1n) is 9.24. The minimum Gasteiger partial charge on any atom is -0.399 e. The summed E-state index contributed by atoms with van der Waals surface area (Å²) in [5.74, 6) is -0.106. The van der Waals surface area contributed by atoms with E-state index in [4.69, 9.17) is 10.5 Å². The number of anilines is 1. The second-order valence-electron chi connectivity index (χ2n) is 7.35. The van der Waals surface area contributed by atoms with Crippen LogP contribution in [0.5, 0.6) is 0 Å². The number of nitrogens with zero attached hydrogens (tertiary/aromatic N) is 3. The Balaban J connectivity index is 1.66. The van der Waals surface area contributed by atoms with Crippen molar-refractivity contribution in [1.82, 2.24) is 13.5 Å². The largest absolute Gasteiger partial charge is 0.399 e. The van der Waals surface area contributed by atoms with Crippen LogP contribution < -0.4 is 5.73 Å². The molecule has 1 amide bonds. The van der Waals surface area contributed by atoms with Crippen LogP contribution in [0.15, 0.2) is 18.2 Å². The number of benzene rings is 1. The highest BCUT2D eigenvalue weighted by Gasteiger charge is 2.37. The molecule has 2 N–H and O–H groups in total. The number of carbonyl (C=O) groups is 1. The highest BCUT2D eigenvalue weighted by Crippen LogP contribution is 2.20. The van der Waals surface area contributed by atoms with Crippen molar-refractivity contribution in [3.05, 3.63) is 29.3 Å². The van der Waals surface area contributed by atoms with Gasteiger partial charge in [0.1, 0.15) is 0 Å². The molecule has 3 rings (SSSR count). The average molecular weight is 397 g/mol. The molecule has 1 aromatic carbocycles. The molecule has 2 atom stereocenters. The Kier molecular flexibility index (Phi) is 5.76. The van der Waals surface area contributed by atoms with Gasteiger partial charge in [-0.05, 0) is 38.5 Å². The minimum absolute atomic E-state index is 0.106. The Labute approximate surface area is 161 Å². The summed E-state index contributed by atoms with van der Waals surface area (Å²) in [6.07, 6.45) is -0.254. The number of amides is 1. The quantitative estimate of drug-likeness (QED) is 0.759. The van der Waals surface area contributed by atoms with Gasteiger partial charge < -0.3 is 15.4 Å². The average Bonchev–Trinajstić information content (AvgIpc) is 2.62. The first kappa shape index (κ1) is 20.1. The zero-order valence-corrected chi connectivity index (χ0v) is 16.9. The number of hydrogen-bond acceptors (Lipinski definition) is 5. The number of aryl methyl sites for hydroxylation is 1. The minimum atomic E-state index is -3.55. The van der Waals surface area contributed by atoms with Gasteiger partial charge in [0, 0.05) is 50.5 Å². The van der Waals surface area contributed by atoms with Gasteiger partial charge in [0.25, 0.3) is 16.1 Å². The molecule has 8 nitrogen and oxygen atoms in total. The normalized spacial score (nSPS) is 25.5. The van der Waals surface area contributed by atoms with Crippen molar-refractivity contribution >= 4 is 21.8 Å². The maximum absolute atomic E-state index is 13.0. The van der Waals surface area contributed by atoms with Gasteiger partial charge in [-0.1, -0.05) is 6.07 Å². The van der Waals surface area contributed by atoms with Crippen molar-refractivity contribution < 1.29 is 17.9 Å². The first-order chi connectivity index (χ1) is 12.7. The Hall–Kier alpha value is -1.68. The lowest BCUT2D eigenvalue weighted by Crippen LogP contribution is -2.57. The zero-order valence-electron chi connectivity index (χ0n) is 16.1. The molecular weight excluding hydrogens is 368 g/mol. The molecule has 2 aliphatic heterocycles. The van der Waals surface area contributed by atoms with E-state index in [0.717, 1.165) is 5.56 Å². The van der Waals surface area contributed by atoms with E-state index in [0.29, 0.717) is 37.4 Å². The molecule has 1 aromatic rings. The molecule has 0 spiro atoms. The van der Waals surface area contributed by atoms with Gasteiger partial charge in [0.15, 0.2) is 0 Å². The zero-order chi connectivity index (χ0) is 19.8. The maximum Gasteiger partial charge on any atom is 0.282 e. The van der Waals surface area contributed by atoms with Crippen molar-refractivity contribution in [3.8, 4) is 0 Å². The molecule has 0 aromatic heterocycles. The van der Waals surface area contributed by atoms with Crippen LogP contribution in [0.1, 0.15) is 29.8 Å². The molecule has 2 unspecified atom stereocenters. The summed E-state index contributed by atoms with van der Waals surface area (Å²) in [6, 6.07) is 5.27. The Morgan fingerprint density at radius 1 is 1.07 bits per heavy atom. The number of nitrogen functional groups attached to an aromatic ring is 1. The monoisotopic (exact) mass is 396 g/mol. The molecule has 0 aliphatic carbocycles.